The van der Waals surface area contributed by atoms with Crippen molar-refractivity contribution in [2.45, 2.75) is 103 Å². The average molecular weight is 309 g/mol. The van der Waals surface area contributed by atoms with Crippen LogP contribution in [-0.4, -0.2) is 12.6 Å². The van der Waals surface area contributed by atoms with Gasteiger partial charge in [-0.1, -0.05) is 69.9 Å². The second kappa shape index (κ2) is 15.1. The molecule has 0 bridgehead atoms. The van der Waals surface area contributed by atoms with E-state index in [2.05, 4.69) is 12.2 Å². The monoisotopic (exact) mass is 308 g/mol. The van der Waals surface area contributed by atoms with Gasteiger partial charge in [0, 0.05) is 6.42 Å². The molecule has 0 radical (unpaired) electrons. The zero-order valence-corrected chi connectivity index (χ0v) is 14.5. The molecule has 1 aliphatic rings. The van der Waals surface area contributed by atoms with E-state index in [1.54, 1.807) is 0 Å². The molecule has 0 aliphatic carbocycles. The Morgan fingerprint density at radius 3 is 1.64 bits per heavy atom. The quantitative estimate of drug-likeness (QED) is 0.385. The highest BCUT2D eigenvalue weighted by molar-refractivity contribution is 5.69. The number of hydrogen-bond acceptors (Lipinski definition) is 2. The maximum absolute atomic E-state index is 11.6. The first-order valence-electron chi connectivity index (χ1n) is 9.70. The molecule has 0 aromatic heterocycles. The molecular formula is C20H36O2. The van der Waals surface area contributed by atoms with E-state index in [1.807, 2.05) is 0 Å². The van der Waals surface area contributed by atoms with Gasteiger partial charge in [0.1, 0.15) is 0 Å². The van der Waals surface area contributed by atoms with E-state index >= 15 is 0 Å². The van der Waals surface area contributed by atoms with Crippen LogP contribution in [0.2, 0.25) is 0 Å². The number of rotatable bonds is 0. The molecule has 0 spiro atoms. The Balaban J connectivity index is 2.14. The summed E-state index contributed by atoms with van der Waals surface area (Å²) in [7, 11) is 0. The molecule has 0 fully saturated rings. The van der Waals surface area contributed by atoms with Crippen LogP contribution in [0, 0.1) is 0 Å². The van der Waals surface area contributed by atoms with E-state index in [-0.39, 0.29) is 5.97 Å². The average Bonchev–Trinajstić information content (AvgIpc) is 2.52. The number of carbonyl (C=O) groups is 1. The molecule has 1 aliphatic heterocycles. The predicted octanol–water partition coefficient (Wildman–Crippen LogP) is 6.34. The number of esters is 1. The summed E-state index contributed by atoms with van der Waals surface area (Å²) in [6.45, 7) is 0.629. The third kappa shape index (κ3) is 12.9. The maximum Gasteiger partial charge on any atom is 0.305 e. The molecule has 0 aromatic carbocycles. The lowest BCUT2D eigenvalue weighted by atomic mass is 10.1. The predicted molar refractivity (Wildman–Crippen MR) is 94.0 cm³/mol. The number of ether oxygens (including phenoxy) is 1. The topological polar surface area (TPSA) is 26.3 Å². The molecule has 22 heavy (non-hydrogen) atoms. The van der Waals surface area contributed by atoms with Crippen molar-refractivity contribution in [3.8, 4) is 0 Å². The van der Waals surface area contributed by atoms with Gasteiger partial charge in [-0.2, -0.15) is 0 Å². The van der Waals surface area contributed by atoms with Crippen LogP contribution in [0.25, 0.3) is 0 Å². The number of hydrogen-bond donors (Lipinski definition) is 0. The fourth-order valence-corrected chi connectivity index (χ4v) is 2.98. The van der Waals surface area contributed by atoms with Gasteiger partial charge in [0.25, 0.3) is 0 Å². The summed E-state index contributed by atoms with van der Waals surface area (Å²) in [6.07, 6.45) is 24.2. The minimum Gasteiger partial charge on any atom is -0.466 e. The summed E-state index contributed by atoms with van der Waals surface area (Å²) in [5.41, 5.74) is 0. The van der Waals surface area contributed by atoms with Gasteiger partial charge in [-0.15, -0.1) is 0 Å². The second-order valence-electron chi connectivity index (χ2n) is 6.62. The van der Waals surface area contributed by atoms with Crippen molar-refractivity contribution in [1.29, 1.82) is 0 Å². The molecule has 0 saturated carbocycles. The first-order chi connectivity index (χ1) is 10.9. The molecule has 0 saturated heterocycles. The van der Waals surface area contributed by atoms with Crippen molar-refractivity contribution in [2.75, 3.05) is 6.61 Å². The van der Waals surface area contributed by atoms with E-state index in [4.69, 9.17) is 4.74 Å². The van der Waals surface area contributed by atoms with Crippen LogP contribution in [-0.2, 0) is 9.53 Å². The van der Waals surface area contributed by atoms with Gasteiger partial charge < -0.3 is 4.74 Å². The zero-order valence-electron chi connectivity index (χ0n) is 14.5. The highest BCUT2D eigenvalue weighted by atomic mass is 16.5. The number of carbonyl (C=O) groups excluding carboxylic acids is 1. The summed E-state index contributed by atoms with van der Waals surface area (Å²) in [5.74, 6) is 0.0102. The lowest BCUT2D eigenvalue weighted by molar-refractivity contribution is -0.143. The summed E-state index contributed by atoms with van der Waals surface area (Å²) in [6, 6.07) is 0. The van der Waals surface area contributed by atoms with Crippen LogP contribution in [0.4, 0.5) is 0 Å². The first kappa shape index (κ1) is 19.3. The molecular weight excluding hydrogens is 272 g/mol. The van der Waals surface area contributed by atoms with Crippen molar-refractivity contribution >= 4 is 5.97 Å². The lowest BCUT2D eigenvalue weighted by Gasteiger charge is -2.05. The number of cyclic esters (lactones) is 1. The van der Waals surface area contributed by atoms with E-state index in [9.17, 15) is 4.79 Å². The largest absolute Gasteiger partial charge is 0.466 e. The molecule has 1 rings (SSSR count). The summed E-state index contributed by atoms with van der Waals surface area (Å²) in [4.78, 5) is 11.6. The zero-order chi connectivity index (χ0) is 15.7. The Bertz CT molecular complexity index is 283. The minimum absolute atomic E-state index is 0.0102. The Morgan fingerprint density at radius 2 is 1.05 bits per heavy atom. The Kier molecular flexibility index (Phi) is 13.2. The van der Waals surface area contributed by atoms with Crippen molar-refractivity contribution in [3.05, 3.63) is 12.2 Å². The van der Waals surface area contributed by atoms with Crippen LogP contribution in [0.1, 0.15) is 103 Å². The van der Waals surface area contributed by atoms with Gasteiger partial charge in [0.05, 0.1) is 6.61 Å². The fourth-order valence-electron chi connectivity index (χ4n) is 2.98. The van der Waals surface area contributed by atoms with Gasteiger partial charge >= 0.3 is 5.97 Å². The molecule has 1 heterocycles. The summed E-state index contributed by atoms with van der Waals surface area (Å²) in [5, 5.41) is 0. The van der Waals surface area contributed by atoms with Crippen LogP contribution < -0.4 is 0 Å². The highest BCUT2D eigenvalue weighted by Crippen LogP contribution is 2.12. The second-order valence-corrected chi connectivity index (χ2v) is 6.62. The maximum atomic E-state index is 11.6. The Morgan fingerprint density at radius 1 is 0.591 bits per heavy atom. The van der Waals surface area contributed by atoms with Gasteiger partial charge in [-0.05, 0) is 38.5 Å². The van der Waals surface area contributed by atoms with Crippen LogP contribution in [0.15, 0.2) is 12.2 Å². The summed E-state index contributed by atoms with van der Waals surface area (Å²) < 4.78 is 5.29. The van der Waals surface area contributed by atoms with Crippen molar-refractivity contribution in [3.63, 3.8) is 0 Å². The standard InChI is InChI=1S/C20H36O2/c21-20-18-16-14-12-10-8-6-4-2-1-3-5-7-9-11-13-15-17-19-22-20/h1-2H,3-19H2/b2-1-. The molecule has 0 amide bonds. The molecule has 0 unspecified atom stereocenters. The van der Waals surface area contributed by atoms with Crippen LogP contribution in [0.5, 0.6) is 0 Å². The first-order valence-corrected chi connectivity index (χ1v) is 9.70. The van der Waals surface area contributed by atoms with Gasteiger partial charge in [-0.3, -0.25) is 4.79 Å². The molecule has 2 heteroatoms. The lowest BCUT2D eigenvalue weighted by Crippen LogP contribution is -2.05. The molecule has 2 nitrogen and oxygen atoms in total. The van der Waals surface area contributed by atoms with Crippen molar-refractivity contribution in [2.24, 2.45) is 0 Å². The van der Waals surface area contributed by atoms with Gasteiger partial charge in [0.2, 0.25) is 0 Å². The normalized spacial score (nSPS) is 23.9. The third-order valence-electron chi connectivity index (χ3n) is 4.45. The Hall–Kier alpha value is -0.790. The molecule has 0 N–H and O–H groups in total. The Labute approximate surface area is 137 Å². The third-order valence-corrected chi connectivity index (χ3v) is 4.45. The van der Waals surface area contributed by atoms with Gasteiger partial charge in [-0.25, -0.2) is 0 Å². The smallest absolute Gasteiger partial charge is 0.305 e. The summed E-state index contributed by atoms with van der Waals surface area (Å²) >= 11 is 0. The highest BCUT2D eigenvalue weighted by Gasteiger charge is 2.02. The van der Waals surface area contributed by atoms with Gasteiger partial charge in [0.15, 0.2) is 0 Å². The molecule has 0 aromatic rings. The van der Waals surface area contributed by atoms with Crippen LogP contribution in [0.3, 0.4) is 0 Å². The van der Waals surface area contributed by atoms with E-state index in [1.165, 1.54) is 83.5 Å². The van der Waals surface area contributed by atoms with E-state index in [0.717, 1.165) is 12.8 Å². The van der Waals surface area contributed by atoms with Crippen molar-refractivity contribution in [1.82, 2.24) is 0 Å². The number of allylic oxidation sites excluding steroid dienone is 2. The van der Waals surface area contributed by atoms with Crippen LogP contribution >= 0.6 is 0 Å². The van der Waals surface area contributed by atoms with Crippen molar-refractivity contribution < 1.29 is 9.53 Å². The van der Waals surface area contributed by atoms with E-state index in [0.29, 0.717) is 13.0 Å². The minimum atomic E-state index is 0.0102. The molecule has 128 valence electrons. The fraction of sp³-hybridized carbons (Fsp3) is 0.850. The SMILES string of the molecule is O=C1CCCCCCCC/C=C\CCCCCCCCCO1. The molecule has 0 atom stereocenters. The van der Waals surface area contributed by atoms with E-state index < -0.39 is 0 Å².